The first-order valence-electron chi connectivity index (χ1n) is 11.8. The molecule has 5 aliphatic carbocycles. The van der Waals surface area contributed by atoms with Crippen LogP contribution in [0.15, 0.2) is 0 Å². The number of hydrogen-bond acceptors (Lipinski definition) is 5. The summed E-state index contributed by atoms with van der Waals surface area (Å²) in [5.41, 5.74) is -0.426. The Labute approximate surface area is 173 Å². The summed E-state index contributed by atoms with van der Waals surface area (Å²) in [6.45, 7) is 3.51. The van der Waals surface area contributed by atoms with Gasteiger partial charge in [-0.1, -0.05) is 6.92 Å². The van der Waals surface area contributed by atoms with E-state index in [0.29, 0.717) is 17.8 Å². The Kier molecular flexibility index (Phi) is 4.50. The van der Waals surface area contributed by atoms with Crippen molar-refractivity contribution < 1.29 is 24.5 Å². The molecule has 0 aromatic carbocycles. The third-order valence-electron chi connectivity index (χ3n) is 10.4. The molecule has 0 radical (unpaired) electrons. The van der Waals surface area contributed by atoms with Gasteiger partial charge in [0.1, 0.15) is 12.2 Å². The van der Waals surface area contributed by atoms with E-state index in [4.69, 9.17) is 4.74 Å². The average Bonchev–Trinajstić information content (AvgIpc) is 3.00. The summed E-state index contributed by atoms with van der Waals surface area (Å²) < 4.78 is 6.35. The molecule has 162 valence electrons. The van der Waals surface area contributed by atoms with Crippen LogP contribution in [-0.2, 0) is 14.3 Å². The maximum Gasteiger partial charge on any atom is 0.303 e. The van der Waals surface area contributed by atoms with Crippen molar-refractivity contribution in [3.05, 3.63) is 0 Å². The van der Waals surface area contributed by atoms with Crippen LogP contribution >= 0.6 is 0 Å². The van der Waals surface area contributed by atoms with Gasteiger partial charge in [-0.25, -0.2) is 0 Å². The highest BCUT2D eigenvalue weighted by atomic mass is 16.6. The second kappa shape index (κ2) is 6.53. The third kappa shape index (κ3) is 2.40. The lowest BCUT2D eigenvalue weighted by Crippen LogP contribution is -2.74. The number of Topliss-reactive ketones (excluding diaryl/α,β-unsaturated/α-hetero) is 1. The quantitative estimate of drug-likeness (QED) is 0.706. The molecule has 0 bridgehead atoms. The van der Waals surface area contributed by atoms with E-state index in [-0.39, 0.29) is 47.1 Å². The molecule has 0 amide bonds. The molecular weight excluding hydrogens is 368 g/mol. The number of ketones is 1. The Bertz CT molecular complexity index is 720. The van der Waals surface area contributed by atoms with Gasteiger partial charge in [0.25, 0.3) is 0 Å². The highest BCUT2D eigenvalue weighted by Crippen LogP contribution is 2.78. The molecule has 0 heterocycles. The van der Waals surface area contributed by atoms with E-state index in [9.17, 15) is 19.8 Å². The van der Waals surface area contributed by atoms with Crippen LogP contribution in [0.2, 0.25) is 0 Å². The maximum absolute atomic E-state index is 12.6. The zero-order valence-electron chi connectivity index (χ0n) is 17.9. The number of hydrogen-bond donors (Lipinski definition) is 2. The number of carbonyl (C=O) groups excluding carboxylic acids is 2. The summed E-state index contributed by atoms with van der Waals surface area (Å²) in [6.07, 6.45) is 9.34. The molecule has 29 heavy (non-hydrogen) atoms. The lowest BCUT2D eigenvalue weighted by atomic mass is 9.32. The Balaban J connectivity index is 1.57. The first kappa shape index (κ1) is 20.0. The summed E-state index contributed by atoms with van der Waals surface area (Å²) in [4.78, 5) is 24.9. The van der Waals surface area contributed by atoms with Gasteiger partial charge >= 0.3 is 5.97 Å². The van der Waals surface area contributed by atoms with Crippen LogP contribution in [0.3, 0.4) is 0 Å². The van der Waals surface area contributed by atoms with Gasteiger partial charge in [0.05, 0.1) is 6.10 Å². The lowest BCUT2D eigenvalue weighted by molar-refractivity contribution is -0.307. The van der Waals surface area contributed by atoms with Gasteiger partial charge in [-0.05, 0) is 87.4 Å². The van der Waals surface area contributed by atoms with E-state index in [1.165, 1.54) is 0 Å². The topological polar surface area (TPSA) is 83.8 Å². The number of aliphatic hydroxyl groups is 2. The summed E-state index contributed by atoms with van der Waals surface area (Å²) in [7, 11) is 0. The smallest absolute Gasteiger partial charge is 0.303 e. The van der Waals surface area contributed by atoms with Gasteiger partial charge in [0, 0.05) is 24.2 Å². The van der Waals surface area contributed by atoms with Crippen molar-refractivity contribution in [1.82, 2.24) is 0 Å². The molecule has 0 aromatic rings. The van der Waals surface area contributed by atoms with E-state index >= 15 is 0 Å². The van der Waals surface area contributed by atoms with Crippen molar-refractivity contribution in [2.24, 2.45) is 40.4 Å². The molecule has 2 N–H and O–H groups in total. The molecular formula is C24H36O5. The van der Waals surface area contributed by atoms with Gasteiger partial charge < -0.3 is 14.9 Å². The van der Waals surface area contributed by atoms with Crippen molar-refractivity contribution >= 4 is 11.8 Å². The van der Waals surface area contributed by atoms with E-state index in [1.807, 2.05) is 0 Å². The Hall–Kier alpha value is -0.940. The number of fused-ring (bicyclic) bond motifs is 3. The summed E-state index contributed by atoms with van der Waals surface area (Å²) in [5.74, 6) is 1.52. The molecule has 0 saturated heterocycles. The van der Waals surface area contributed by atoms with Crippen LogP contribution in [-0.4, -0.2) is 40.3 Å². The fourth-order valence-electron chi connectivity index (χ4n) is 9.56. The van der Waals surface area contributed by atoms with Crippen molar-refractivity contribution in [2.75, 3.05) is 6.61 Å². The number of carbonyl (C=O) groups is 2. The molecule has 9 unspecified atom stereocenters. The van der Waals surface area contributed by atoms with Crippen LogP contribution in [0, 0.1) is 40.4 Å². The highest BCUT2D eigenvalue weighted by Gasteiger charge is 2.76. The lowest BCUT2D eigenvalue weighted by Gasteiger charge is -2.74. The number of aliphatic hydroxyl groups excluding tert-OH is 2. The molecule has 5 fully saturated rings. The third-order valence-corrected chi connectivity index (χ3v) is 10.4. The van der Waals surface area contributed by atoms with Gasteiger partial charge in [0.2, 0.25) is 0 Å². The van der Waals surface area contributed by atoms with E-state index in [0.717, 1.165) is 64.2 Å². The first-order valence-corrected chi connectivity index (χ1v) is 11.8. The minimum absolute atomic E-state index is 0.0194. The predicted molar refractivity (Wildman–Crippen MR) is 107 cm³/mol. The molecule has 5 rings (SSSR count). The van der Waals surface area contributed by atoms with Crippen molar-refractivity contribution in [3.8, 4) is 0 Å². The minimum atomic E-state index is -0.426. The molecule has 5 saturated carbocycles. The van der Waals surface area contributed by atoms with Crippen LogP contribution < -0.4 is 0 Å². The van der Waals surface area contributed by atoms with Crippen LogP contribution in [0.25, 0.3) is 0 Å². The van der Waals surface area contributed by atoms with Crippen molar-refractivity contribution in [2.45, 2.75) is 89.8 Å². The van der Waals surface area contributed by atoms with Crippen LogP contribution in [0.1, 0.15) is 78.1 Å². The zero-order chi connectivity index (χ0) is 20.6. The zero-order valence-corrected chi connectivity index (χ0v) is 17.9. The Morgan fingerprint density at radius 2 is 1.76 bits per heavy atom. The van der Waals surface area contributed by atoms with Gasteiger partial charge in [-0.2, -0.15) is 0 Å². The Morgan fingerprint density at radius 3 is 2.41 bits per heavy atom. The number of esters is 1. The fraction of sp³-hybridized carbons (Fsp3) is 0.917. The summed E-state index contributed by atoms with van der Waals surface area (Å²) >= 11 is 0. The number of rotatable bonds is 3. The minimum Gasteiger partial charge on any atom is -0.458 e. The largest absolute Gasteiger partial charge is 0.458 e. The SMILES string of the molecule is CC(=O)OC12CCC(O)CC1CCC1C3CCC(C(=O)CO)C3(C)CC3CCC312. The predicted octanol–water partition coefficient (Wildman–Crippen LogP) is 3.25. The molecule has 9 atom stereocenters. The number of ether oxygens (including phenoxy) is 1. The summed E-state index contributed by atoms with van der Waals surface area (Å²) in [6, 6.07) is 0. The van der Waals surface area contributed by atoms with Crippen LogP contribution in [0.4, 0.5) is 0 Å². The van der Waals surface area contributed by atoms with Gasteiger partial charge in [-0.15, -0.1) is 0 Å². The van der Waals surface area contributed by atoms with Crippen molar-refractivity contribution in [3.63, 3.8) is 0 Å². The summed E-state index contributed by atoms with van der Waals surface area (Å²) in [5, 5.41) is 19.9. The maximum atomic E-state index is 12.6. The van der Waals surface area contributed by atoms with Gasteiger partial charge in [-0.3, -0.25) is 9.59 Å². The first-order chi connectivity index (χ1) is 13.8. The van der Waals surface area contributed by atoms with Gasteiger partial charge in [0.15, 0.2) is 5.78 Å². The molecule has 0 aromatic heterocycles. The monoisotopic (exact) mass is 404 g/mol. The molecule has 1 spiro atoms. The molecule has 5 aliphatic rings. The van der Waals surface area contributed by atoms with Crippen LogP contribution in [0.5, 0.6) is 0 Å². The van der Waals surface area contributed by atoms with Crippen molar-refractivity contribution in [1.29, 1.82) is 0 Å². The van der Waals surface area contributed by atoms with E-state index < -0.39 is 5.60 Å². The molecule has 5 nitrogen and oxygen atoms in total. The highest BCUT2D eigenvalue weighted by molar-refractivity contribution is 5.83. The standard InChI is InChI=1S/C24H36O5/c1-14(26)29-24-10-8-17(27)11-15(24)3-4-19-18-5-6-20(21(28)13-25)22(18,2)12-16-7-9-23(16,19)24/h15-20,25,27H,3-13H2,1-2H3. The second-order valence-corrected chi connectivity index (χ2v) is 11.1. The van der Waals surface area contributed by atoms with E-state index in [1.54, 1.807) is 6.92 Å². The molecule has 5 heteroatoms. The van der Waals surface area contributed by atoms with E-state index in [2.05, 4.69) is 6.92 Å². The second-order valence-electron chi connectivity index (χ2n) is 11.1. The fourth-order valence-corrected chi connectivity index (χ4v) is 9.56. The normalized spacial score (nSPS) is 53.0. The molecule has 0 aliphatic heterocycles. The Morgan fingerprint density at radius 1 is 1.00 bits per heavy atom. The average molecular weight is 405 g/mol.